The van der Waals surface area contributed by atoms with Gasteiger partial charge in [0, 0.05) is 24.1 Å². The van der Waals surface area contributed by atoms with E-state index >= 15 is 0 Å². The van der Waals surface area contributed by atoms with Gasteiger partial charge in [0.2, 0.25) is 5.95 Å². The predicted octanol–water partition coefficient (Wildman–Crippen LogP) is 3.52. The van der Waals surface area contributed by atoms with Crippen LogP contribution in [-0.2, 0) is 6.42 Å². The molecular formula is C14H17N3. The van der Waals surface area contributed by atoms with Gasteiger partial charge in [0.1, 0.15) is 0 Å². The molecule has 1 saturated carbocycles. The molecule has 3 nitrogen and oxygen atoms in total. The van der Waals surface area contributed by atoms with Crippen molar-refractivity contribution in [2.45, 2.75) is 32.2 Å². The highest BCUT2D eigenvalue weighted by atomic mass is 15.2. The Morgan fingerprint density at radius 3 is 3.06 bits per heavy atom. The Hall–Kier alpha value is -1.77. The number of anilines is 2. The SMILES string of the molecule is CCc1cccc(Nc2nccn2C2CC2)c1. The van der Waals surface area contributed by atoms with Gasteiger partial charge < -0.3 is 9.88 Å². The summed E-state index contributed by atoms with van der Waals surface area (Å²) in [5.41, 5.74) is 2.47. The molecule has 3 heteroatoms. The smallest absolute Gasteiger partial charge is 0.207 e. The number of imidazole rings is 1. The Morgan fingerprint density at radius 2 is 2.29 bits per heavy atom. The highest BCUT2D eigenvalue weighted by Gasteiger charge is 2.25. The fraction of sp³-hybridized carbons (Fsp3) is 0.357. The minimum Gasteiger partial charge on any atom is -0.326 e. The topological polar surface area (TPSA) is 29.9 Å². The molecule has 1 fully saturated rings. The van der Waals surface area contributed by atoms with Crippen LogP contribution in [0.2, 0.25) is 0 Å². The number of nitrogens with one attached hydrogen (secondary N) is 1. The molecule has 0 bridgehead atoms. The fourth-order valence-corrected chi connectivity index (χ4v) is 2.06. The molecule has 1 aliphatic carbocycles. The summed E-state index contributed by atoms with van der Waals surface area (Å²) in [6.45, 7) is 2.17. The van der Waals surface area contributed by atoms with Crippen LogP contribution in [0.25, 0.3) is 0 Å². The average molecular weight is 227 g/mol. The van der Waals surface area contributed by atoms with Gasteiger partial charge in [-0.15, -0.1) is 0 Å². The number of benzene rings is 1. The molecule has 1 N–H and O–H groups in total. The second-order valence-electron chi connectivity index (χ2n) is 4.57. The first-order chi connectivity index (χ1) is 8.36. The summed E-state index contributed by atoms with van der Waals surface area (Å²) < 4.78 is 2.23. The predicted molar refractivity (Wildman–Crippen MR) is 69.6 cm³/mol. The Balaban J connectivity index is 1.83. The minimum atomic E-state index is 0.661. The first-order valence-corrected chi connectivity index (χ1v) is 6.25. The van der Waals surface area contributed by atoms with E-state index < -0.39 is 0 Å². The van der Waals surface area contributed by atoms with Crippen LogP contribution in [0.3, 0.4) is 0 Å². The summed E-state index contributed by atoms with van der Waals surface area (Å²) in [5.74, 6) is 0.959. The van der Waals surface area contributed by atoms with Gasteiger partial charge in [-0.05, 0) is 37.0 Å². The van der Waals surface area contributed by atoms with Gasteiger partial charge in [-0.25, -0.2) is 4.98 Å². The highest BCUT2D eigenvalue weighted by molar-refractivity contribution is 5.55. The molecule has 0 spiro atoms. The van der Waals surface area contributed by atoms with E-state index in [-0.39, 0.29) is 0 Å². The highest BCUT2D eigenvalue weighted by Crippen LogP contribution is 2.37. The van der Waals surface area contributed by atoms with Gasteiger partial charge >= 0.3 is 0 Å². The second kappa shape index (κ2) is 4.24. The number of hydrogen-bond donors (Lipinski definition) is 1. The van der Waals surface area contributed by atoms with Crippen LogP contribution >= 0.6 is 0 Å². The van der Waals surface area contributed by atoms with Crippen molar-refractivity contribution in [3.8, 4) is 0 Å². The van der Waals surface area contributed by atoms with E-state index in [1.54, 1.807) is 0 Å². The lowest BCUT2D eigenvalue weighted by Gasteiger charge is -2.09. The molecule has 0 saturated heterocycles. The van der Waals surface area contributed by atoms with E-state index in [0.717, 1.165) is 18.1 Å². The van der Waals surface area contributed by atoms with E-state index in [4.69, 9.17) is 0 Å². The Labute approximate surface area is 101 Å². The summed E-state index contributed by atoms with van der Waals surface area (Å²) >= 11 is 0. The van der Waals surface area contributed by atoms with Crippen LogP contribution in [0, 0.1) is 0 Å². The standard InChI is InChI=1S/C14H17N3/c1-2-11-4-3-5-12(10-11)16-14-15-8-9-17(14)13-6-7-13/h3-5,8-10,13H,2,6-7H2,1H3,(H,15,16). The molecule has 0 atom stereocenters. The van der Waals surface area contributed by atoms with Gasteiger partial charge in [0.25, 0.3) is 0 Å². The molecule has 1 aromatic carbocycles. The van der Waals surface area contributed by atoms with Crippen LogP contribution < -0.4 is 5.32 Å². The van der Waals surface area contributed by atoms with Crippen molar-refractivity contribution in [1.82, 2.24) is 9.55 Å². The van der Waals surface area contributed by atoms with Crippen molar-refractivity contribution in [3.63, 3.8) is 0 Å². The maximum atomic E-state index is 4.38. The fourth-order valence-electron chi connectivity index (χ4n) is 2.06. The molecule has 3 rings (SSSR count). The minimum absolute atomic E-state index is 0.661. The summed E-state index contributed by atoms with van der Waals surface area (Å²) in [5, 5.41) is 3.40. The third kappa shape index (κ3) is 2.18. The maximum absolute atomic E-state index is 4.38. The van der Waals surface area contributed by atoms with Crippen molar-refractivity contribution in [2.75, 3.05) is 5.32 Å². The molecule has 1 heterocycles. The third-order valence-corrected chi connectivity index (χ3v) is 3.20. The molecule has 0 amide bonds. The van der Waals surface area contributed by atoms with E-state index in [1.165, 1.54) is 18.4 Å². The van der Waals surface area contributed by atoms with Gasteiger partial charge in [0.15, 0.2) is 0 Å². The average Bonchev–Trinajstić information content (AvgIpc) is 3.11. The zero-order chi connectivity index (χ0) is 11.7. The summed E-state index contributed by atoms with van der Waals surface area (Å²) in [4.78, 5) is 4.38. The van der Waals surface area contributed by atoms with Crippen LogP contribution in [0.15, 0.2) is 36.7 Å². The number of hydrogen-bond acceptors (Lipinski definition) is 2. The molecule has 0 unspecified atom stereocenters. The molecule has 1 aliphatic rings. The molecular weight excluding hydrogens is 210 g/mol. The van der Waals surface area contributed by atoms with E-state index in [9.17, 15) is 0 Å². The molecule has 88 valence electrons. The zero-order valence-corrected chi connectivity index (χ0v) is 10.1. The Bertz CT molecular complexity index is 512. The summed E-state index contributed by atoms with van der Waals surface area (Å²) in [6.07, 6.45) is 7.54. The number of rotatable bonds is 4. The Morgan fingerprint density at radius 1 is 1.41 bits per heavy atom. The van der Waals surface area contributed by atoms with E-state index in [1.807, 2.05) is 6.20 Å². The largest absolute Gasteiger partial charge is 0.326 e. The monoisotopic (exact) mass is 227 g/mol. The second-order valence-corrected chi connectivity index (χ2v) is 4.57. The lowest BCUT2D eigenvalue weighted by molar-refractivity contribution is 0.751. The molecule has 1 aromatic heterocycles. The molecule has 0 aliphatic heterocycles. The van der Waals surface area contributed by atoms with Crippen molar-refractivity contribution in [2.24, 2.45) is 0 Å². The molecule has 17 heavy (non-hydrogen) atoms. The van der Waals surface area contributed by atoms with Crippen LogP contribution in [-0.4, -0.2) is 9.55 Å². The zero-order valence-electron chi connectivity index (χ0n) is 10.1. The summed E-state index contributed by atoms with van der Waals surface area (Å²) in [6, 6.07) is 9.18. The van der Waals surface area contributed by atoms with Gasteiger partial charge in [0.05, 0.1) is 0 Å². The first-order valence-electron chi connectivity index (χ1n) is 6.25. The normalized spacial score (nSPS) is 14.9. The van der Waals surface area contributed by atoms with Crippen molar-refractivity contribution < 1.29 is 0 Å². The lowest BCUT2D eigenvalue weighted by atomic mass is 10.1. The Kier molecular flexibility index (Phi) is 2.59. The number of aryl methyl sites for hydroxylation is 1. The van der Waals surface area contributed by atoms with E-state index in [0.29, 0.717) is 6.04 Å². The molecule has 2 aromatic rings. The van der Waals surface area contributed by atoms with Gasteiger partial charge in [-0.2, -0.15) is 0 Å². The maximum Gasteiger partial charge on any atom is 0.207 e. The number of nitrogens with zero attached hydrogens (tertiary/aromatic N) is 2. The third-order valence-electron chi connectivity index (χ3n) is 3.20. The van der Waals surface area contributed by atoms with Gasteiger partial charge in [-0.1, -0.05) is 19.1 Å². The van der Waals surface area contributed by atoms with Crippen LogP contribution in [0.4, 0.5) is 11.6 Å². The van der Waals surface area contributed by atoms with Crippen molar-refractivity contribution in [3.05, 3.63) is 42.2 Å². The van der Waals surface area contributed by atoms with Gasteiger partial charge in [-0.3, -0.25) is 0 Å². The molecule has 0 radical (unpaired) electrons. The van der Waals surface area contributed by atoms with E-state index in [2.05, 4.69) is 52.3 Å². The first kappa shape index (κ1) is 10.4. The quantitative estimate of drug-likeness (QED) is 0.866. The van der Waals surface area contributed by atoms with Crippen molar-refractivity contribution in [1.29, 1.82) is 0 Å². The summed E-state index contributed by atoms with van der Waals surface area (Å²) in [7, 11) is 0. The van der Waals surface area contributed by atoms with Crippen LogP contribution in [0.1, 0.15) is 31.4 Å². The number of aromatic nitrogens is 2. The lowest BCUT2D eigenvalue weighted by Crippen LogP contribution is -2.01. The van der Waals surface area contributed by atoms with Crippen molar-refractivity contribution >= 4 is 11.6 Å². The van der Waals surface area contributed by atoms with Crippen LogP contribution in [0.5, 0.6) is 0 Å².